The molecule has 4 nitrogen and oxygen atoms in total. The summed E-state index contributed by atoms with van der Waals surface area (Å²) in [5, 5.41) is 3.21. The summed E-state index contributed by atoms with van der Waals surface area (Å²) >= 11 is 0. The fraction of sp³-hybridized carbons (Fsp3) is 0.435. The van der Waals surface area contributed by atoms with Gasteiger partial charge in [-0.1, -0.05) is 30.3 Å². The first-order valence-corrected chi connectivity index (χ1v) is 10.4. The van der Waals surface area contributed by atoms with Crippen molar-refractivity contribution >= 4 is 6.03 Å². The van der Waals surface area contributed by atoms with E-state index in [9.17, 15) is 31.1 Å². The van der Waals surface area contributed by atoms with Crippen LogP contribution in [0.5, 0.6) is 0 Å². The molecule has 0 saturated carbocycles. The number of halogens is 6. The van der Waals surface area contributed by atoms with Crippen molar-refractivity contribution < 1.29 is 31.1 Å². The second kappa shape index (κ2) is 9.62. The quantitative estimate of drug-likeness (QED) is 0.579. The number of rotatable bonds is 4. The summed E-state index contributed by atoms with van der Waals surface area (Å²) in [5.41, 5.74) is -2.14. The molecule has 1 heterocycles. The molecule has 2 aromatic carbocycles. The Morgan fingerprint density at radius 1 is 1.03 bits per heavy atom. The molecule has 1 saturated heterocycles. The van der Waals surface area contributed by atoms with E-state index in [1.165, 1.54) is 7.05 Å². The highest BCUT2D eigenvalue weighted by atomic mass is 19.4. The van der Waals surface area contributed by atoms with Crippen molar-refractivity contribution in [1.29, 1.82) is 0 Å². The molecule has 2 aromatic rings. The number of urea groups is 1. The van der Waals surface area contributed by atoms with Gasteiger partial charge in [-0.15, -0.1) is 0 Å². The Morgan fingerprint density at radius 3 is 2.12 bits per heavy atom. The lowest BCUT2D eigenvalue weighted by molar-refractivity contribution is -0.143. The van der Waals surface area contributed by atoms with Crippen LogP contribution in [0.4, 0.5) is 31.1 Å². The number of hydrogen-bond acceptors (Lipinski definition) is 2. The number of alkyl halides is 6. The Hall–Kier alpha value is -2.75. The highest BCUT2D eigenvalue weighted by Gasteiger charge is 2.38. The van der Waals surface area contributed by atoms with Gasteiger partial charge in [0.05, 0.1) is 17.2 Å². The Labute approximate surface area is 188 Å². The molecule has 3 rings (SSSR count). The number of nitrogens with zero attached hydrogens (tertiary/aromatic N) is 2. The maximum absolute atomic E-state index is 13.3. The van der Waals surface area contributed by atoms with Crippen molar-refractivity contribution in [3.05, 3.63) is 70.8 Å². The number of carbonyl (C=O) groups excluding carboxylic acids is 1. The first-order valence-electron chi connectivity index (χ1n) is 10.4. The van der Waals surface area contributed by atoms with Gasteiger partial charge in [0.25, 0.3) is 0 Å². The molecule has 1 aliphatic heterocycles. The van der Waals surface area contributed by atoms with Gasteiger partial charge in [0.15, 0.2) is 0 Å². The van der Waals surface area contributed by atoms with E-state index in [2.05, 4.69) is 5.32 Å². The summed E-state index contributed by atoms with van der Waals surface area (Å²) in [6.07, 6.45) is -8.34. The molecule has 2 unspecified atom stereocenters. The fourth-order valence-corrected chi connectivity index (χ4v) is 4.25. The largest absolute Gasteiger partial charge is 0.416 e. The highest BCUT2D eigenvalue weighted by molar-refractivity contribution is 5.75. The second-order valence-corrected chi connectivity index (χ2v) is 8.14. The van der Waals surface area contributed by atoms with Gasteiger partial charge in [0.2, 0.25) is 0 Å². The zero-order chi connectivity index (χ0) is 24.4. The summed E-state index contributed by atoms with van der Waals surface area (Å²) in [5.74, 6) is 0. The lowest BCUT2D eigenvalue weighted by Gasteiger charge is -2.43. The first kappa shape index (κ1) is 24.9. The molecule has 0 radical (unpaired) electrons. The monoisotopic (exact) mass is 473 g/mol. The molecular weight excluding hydrogens is 448 g/mol. The Kier molecular flexibility index (Phi) is 7.26. The molecule has 2 amide bonds. The van der Waals surface area contributed by atoms with Gasteiger partial charge >= 0.3 is 18.4 Å². The summed E-state index contributed by atoms with van der Waals surface area (Å²) in [6.45, 7) is 0.0331. The average Bonchev–Trinajstić information content (AvgIpc) is 2.77. The van der Waals surface area contributed by atoms with Crippen LogP contribution in [-0.4, -0.2) is 42.5 Å². The van der Waals surface area contributed by atoms with Crippen LogP contribution >= 0.6 is 0 Å². The van der Waals surface area contributed by atoms with Crippen LogP contribution in [0, 0.1) is 0 Å². The van der Waals surface area contributed by atoms with Crippen molar-refractivity contribution in [3.8, 4) is 0 Å². The predicted octanol–water partition coefficient (Wildman–Crippen LogP) is 5.70. The van der Waals surface area contributed by atoms with E-state index >= 15 is 0 Å². The molecule has 33 heavy (non-hydrogen) atoms. The number of hydrogen-bond donors (Lipinski definition) is 1. The van der Waals surface area contributed by atoms with Crippen molar-refractivity contribution in [2.45, 2.75) is 43.8 Å². The number of amides is 2. The maximum Gasteiger partial charge on any atom is 0.416 e. The van der Waals surface area contributed by atoms with Crippen LogP contribution in [0.15, 0.2) is 48.5 Å². The van der Waals surface area contributed by atoms with E-state index < -0.39 is 36.1 Å². The van der Waals surface area contributed by atoms with Crippen molar-refractivity contribution in [1.82, 2.24) is 15.1 Å². The number of nitrogens with one attached hydrogen (secondary N) is 1. The smallest absolute Gasteiger partial charge is 0.323 e. The van der Waals surface area contributed by atoms with Crippen LogP contribution in [-0.2, 0) is 18.9 Å². The average molecular weight is 473 g/mol. The molecule has 0 aromatic heterocycles. The molecule has 1 fully saturated rings. The Morgan fingerprint density at radius 2 is 1.61 bits per heavy atom. The van der Waals surface area contributed by atoms with Crippen molar-refractivity contribution in [3.63, 3.8) is 0 Å². The normalized spacial score (nSPS) is 19.5. The molecule has 1 aliphatic rings. The molecule has 2 atom stereocenters. The minimum absolute atomic E-state index is 0.0381. The number of likely N-dealkylation sites (N-methyl/N-ethyl adjacent to an activating group) is 1. The van der Waals surface area contributed by atoms with Crippen LogP contribution < -0.4 is 5.32 Å². The van der Waals surface area contributed by atoms with Gasteiger partial charge in [-0.2, -0.15) is 26.3 Å². The van der Waals surface area contributed by atoms with Gasteiger partial charge in [0.1, 0.15) is 0 Å². The SMILES string of the molecule is CNC1CCCN(C(=O)N(C)Cc2cc(C(F)(F)F)cc(C(F)(F)F)c2)C1c1ccccc1. The van der Waals surface area contributed by atoms with Gasteiger partial charge in [0, 0.05) is 26.2 Å². The van der Waals surface area contributed by atoms with E-state index in [1.807, 2.05) is 30.3 Å². The standard InChI is InChI=1S/C23H25F6N3O/c1-30-19-9-6-10-32(20(19)16-7-4-3-5-8-16)21(33)31(2)14-15-11-17(22(24,25)26)13-18(12-15)23(27,28)29/h3-5,7-8,11-13,19-20,30H,6,9-10,14H2,1-2H3. The van der Waals surface area contributed by atoms with Crippen molar-refractivity contribution in [2.75, 3.05) is 20.6 Å². The van der Waals surface area contributed by atoms with Gasteiger partial charge in [-0.3, -0.25) is 0 Å². The molecule has 180 valence electrons. The van der Waals surface area contributed by atoms with E-state index in [-0.39, 0.29) is 23.7 Å². The minimum atomic E-state index is -4.94. The van der Waals surface area contributed by atoms with Gasteiger partial charge in [-0.05, 0) is 49.2 Å². The van der Waals surface area contributed by atoms with Gasteiger partial charge in [-0.25, -0.2) is 4.79 Å². The second-order valence-electron chi connectivity index (χ2n) is 8.14. The van der Waals surface area contributed by atoms with E-state index in [1.54, 1.807) is 11.9 Å². The lowest BCUT2D eigenvalue weighted by Crippen LogP contribution is -2.52. The summed E-state index contributed by atoms with van der Waals surface area (Å²) in [6, 6.07) is 9.91. The summed E-state index contributed by atoms with van der Waals surface area (Å²) < 4.78 is 79.1. The first-order chi connectivity index (χ1) is 15.4. The molecule has 0 aliphatic carbocycles. The fourth-order valence-electron chi connectivity index (χ4n) is 4.25. The zero-order valence-electron chi connectivity index (χ0n) is 18.2. The number of likely N-dealkylation sites (tertiary alicyclic amines) is 1. The van der Waals surface area contributed by atoms with Crippen LogP contribution in [0.3, 0.4) is 0 Å². The number of benzene rings is 2. The Bertz CT molecular complexity index is 929. The highest BCUT2D eigenvalue weighted by Crippen LogP contribution is 2.37. The third kappa shape index (κ3) is 5.79. The van der Waals surface area contributed by atoms with E-state index in [0.717, 1.165) is 23.3 Å². The third-order valence-electron chi connectivity index (χ3n) is 5.78. The molecular formula is C23H25F6N3O. The third-order valence-corrected chi connectivity index (χ3v) is 5.78. The maximum atomic E-state index is 13.3. The molecule has 0 spiro atoms. The zero-order valence-corrected chi connectivity index (χ0v) is 18.2. The van der Waals surface area contributed by atoms with Crippen LogP contribution in [0.2, 0.25) is 0 Å². The van der Waals surface area contributed by atoms with Gasteiger partial charge < -0.3 is 15.1 Å². The lowest BCUT2D eigenvalue weighted by atomic mass is 9.90. The predicted molar refractivity (Wildman–Crippen MR) is 111 cm³/mol. The summed E-state index contributed by atoms with van der Waals surface area (Å²) in [4.78, 5) is 16.1. The van der Waals surface area contributed by atoms with Crippen LogP contribution in [0.1, 0.15) is 41.1 Å². The Balaban J connectivity index is 1.89. The molecule has 10 heteroatoms. The molecule has 1 N–H and O–H groups in total. The van der Waals surface area contributed by atoms with Crippen molar-refractivity contribution in [2.24, 2.45) is 0 Å². The number of piperidine rings is 1. The van der Waals surface area contributed by atoms with E-state index in [0.29, 0.717) is 18.7 Å². The minimum Gasteiger partial charge on any atom is -0.323 e. The number of carbonyl (C=O) groups is 1. The molecule has 0 bridgehead atoms. The van der Waals surface area contributed by atoms with Crippen LogP contribution in [0.25, 0.3) is 0 Å². The topological polar surface area (TPSA) is 35.6 Å². The van der Waals surface area contributed by atoms with E-state index in [4.69, 9.17) is 0 Å². The summed E-state index contributed by atoms with van der Waals surface area (Å²) in [7, 11) is 3.17.